The molecule has 7 nitrogen and oxygen atoms in total. The zero-order valence-corrected chi connectivity index (χ0v) is 24.4. The van der Waals surface area contributed by atoms with Crippen molar-refractivity contribution in [1.29, 1.82) is 0 Å². The molecule has 4 aromatic heterocycles. The van der Waals surface area contributed by atoms with Gasteiger partial charge in [0.1, 0.15) is 15.3 Å². The summed E-state index contributed by atoms with van der Waals surface area (Å²) in [6.07, 6.45) is 7.69. The Balaban J connectivity index is 0.000000176. The lowest BCUT2D eigenvalue weighted by Crippen LogP contribution is -1.97. The first-order valence-corrected chi connectivity index (χ1v) is 13.9. The minimum atomic E-state index is -0.682. The van der Waals surface area contributed by atoms with Crippen LogP contribution in [0.5, 0.6) is 0 Å². The van der Waals surface area contributed by atoms with Gasteiger partial charge in [-0.1, -0.05) is 0 Å². The van der Waals surface area contributed by atoms with Gasteiger partial charge in [-0.25, -0.2) is 9.97 Å². The second kappa shape index (κ2) is 11.6. The summed E-state index contributed by atoms with van der Waals surface area (Å²) in [6, 6.07) is 0. The van der Waals surface area contributed by atoms with Crippen molar-refractivity contribution in [2.45, 2.75) is 39.5 Å². The molecule has 4 heterocycles. The maximum absolute atomic E-state index is 10.2. The Morgan fingerprint density at radius 3 is 2.03 bits per heavy atom. The Hall–Kier alpha value is -0.440. The van der Waals surface area contributed by atoms with Gasteiger partial charge in [-0.05, 0) is 83.1 Å². The molecule has 0 saturated carbocycles. The van der Waals surface area contributed by atoms with E-state index in [-0.39, 0.29) is 0 Å². The minimum Gasteiger partial charge on any atom is -0.383 e. The van der Waals surface area contributed by atoms with Gasteiger partial charge in [0.05, 0.1) is 17.3 Å². The lowest BCUT2D eigenvalue weighted by atomic mass is 10.2. The van der Waals surface area contributed by atoms with Gasteiger partial charge in [-0.2, -0.15) is 10.2 Å². The summed E-state index contributed by atoms with van der Waals surface area (Å²) in [5, 5.41) is 18.5. The van der Waals surface area contributed by atoms with Crippen molar-refractivity contribution < 1.29 is 5.11 Å². The zero-order valence-electron chi connectivity index (χ0n) is 16.5. The zero-order chi connectivity index (χ0) is 22.5. The SMILES string of the molecule is CCn1cc(C(O)c2sc(Br)nc2Br)cn1.CCn1cc(Cc2sc(Br)nc2Br)cn1. The molecule has 0 spiro atoms. The summed E-state index contributed by atoms with van der Waals surface area (Å²) < 4.78 is 6.95. The van der Waals surface area contributed by atoms with E-state index in [1.54, 1.807) is 22.2 Å². The maximum Gasteiger partial charge on any atom is 0.160 e. The highest BCUT2D eigenvalue weighted by Crippen LogP contribution is 2.35. The van der Waals surface area contributed by atoms with Crippen molar-refractivity contribution in [3.05, 3.63) is 62.7 Å². The summed E-state index contributed by atoms with van der Waals surface area (Å²) in [5.41, 5.74) is 1.99. The fourth-order valence-electron chi connectivity index (χ4n) is 2.57. The minimum absolute atomic E-state index is 0.668. The fraction of sp³-hybridized carbons (Fsp3) is 0.333. The van der Waals surface area contributed by atoms with Gasteiger partial charge in [0.15, 0.2) is 7.83 Å². The molecular weight excluding hydrogens is 700 g/mol. The second-order valence-corrected chi connectivity index (χ2v) is 12.4. The van der Waals surface area contributed by atoms with Crippen LogP contribution in [0, 0.1) is 0 Å². The molecular formula is C18H18Br4N6OS2. The van der Waals surface area contributed by atoms with Crippen molar-refractivity contribution in [3.63, 3.8) is 0 Å². The quantitative estimate of drug-likeness (QED) is 0.248. The normalized spacial score (nSPS) is 12.0. The number of aliphatic hydroxyl groups is 1. The number of aromatic nitrogens is 6. The molecule has 0 aromatic carbocycles. The van der Waals surface area contributed by atoms with Crippen molar-refractivity contribution in [1.82, 2.24) is 29.5 Å². The summed E-state index contributed by atoms with van der Waals surface area (Å²) in [6.45, 7) is 5.78. The number of aryl methyl sites for hydroxylation is 2. The van der Waals surface area contributed by atoms with Gasteiger partial charge in [0, 0.05) is 42.3 Å². The fourth-order valence-corrected chi connectivity index (χ4v) is 7.35. The van der Waals surface area contributed by atoms with E-state index >= 15 is 0 Å². The average molecular weight is 718 g/mol. The number of thiazole rings is 2. The number of nitrogens with zero attached hydrogens (tertiary/aromatic N) is 6. The average Bonchev–Trinajstić information content (AvgIpc) is 3.51. The molecule has 1 unspecified atom stereocenters. The van der Waals surface area contributed by atoms with Crippen LogP contribution in [-0.4, -0.2) is 34.6 Å². The van der Waals surface area contributed by atoms with Gasteiger partial charge in [-0.15, -0.1) is 22.7 Å². The van der Waals surface area contributed by atoms with E-state index in [4.69, 9.17) is 0 Å². The summed E-state index contributed by atoms with van der Waals surface area (Å²) in [7, 11) is 0. The third-order valence-electron chi connectivity index (χ3n) is 4.12. The standard InChI is InChI=1S/C9H9Br2N3OS.C9H9Br2N3S/c1-2-14-4-5(3-12-14)6(15)7-8(10)13-9(11)16-7;1-2-14-5-6(4-12-14)3-7-8(10)13-9(11)15-7/h3-4,6,15H,2H2,1H3;4-5H,2-3H2,1H3. The Morgan fingerprint density at radius 2 is 1.52 bits per heavy atom. The molecule has 0 amide bonds. The topological polar surface area (TPSA) is 81.6 Å². The van der Waals surface area contributed by atoms with E-state index in [0.717, 1.165) is 42.4 Å². The van der Waals surface area contributed by atoms with Crippen LogP contribution in [0.4, 0.5) is 0 Å². The molecule has 0 fully saturated rings. The summed E-state index contributed by atoms with van der Waals surface area (Å²) in [5.74, 6) is 0. The van der Waals surface area contributed by atoms with Crippen molar-refractivity contribution in [2.75, 3.05) is 0 Å². The third-order valence-corrected chi connectivity index (χ3v) is 8.98. The summed E-state index contributed by atoms with van der Waals surface area (Å²) in [4.78, 5) is 10.4. The molecule has 0 aliphatic heterocycles. The largest absolute Gasteiger partial charge is 0.383 e. The lowest BCUT2D eigenvalue weighted by molar-refractivity contribution is 0.223. The highest BCUT2D eigenvalue weighted by molar-refractivity contribution is 9.11. The number of aliphatic hydroxyl groups excluding tert-OH is 1. The van der Waals surface area contributed by atoms with E-state index in [1.807, 2.05) is 24.0 Å². The molecule has 1 N–H and O–H groups in total. The van der Waals surface area contributed by atoms with E-state index in [0.29, 0.717) is 4.60 Å². The van der Waals surface area contributed by atoms with Crippen LogP contribution in [-0.2, 0) is 19.5 Å². The maximum atomic E-state index is 10.2. The van der Waals surface area contributed by atoms with Crippen LogP contribution in [0.25, 0.3) is 0 Å². The third kappa shape index (κ3) is 6.78. The van der Waals surface area contributed by atoms with Crippen LogP contribution < -0.4 is 0 Å². The second-order valence-electron chi connectivity index (χ2n) is 6.22. The monoisotopic (exact) mass is 714 g/mol. The van der Waals surface area contributed by atoms with Gasteiger partial charge in [-0.3, -0.25) is 9.36 Å². The van der Waals surface area contributed by atoms with Crippen LogP contribution in [0.1, 0.15) is 40.8 Å². The van der Waals surface area contributed by atoms with E-state index < -0.39 is 6.10 Å². The molecule has 0 aliphatic rings. The number of hydrogen-bond acceptors (Lipinski definition) is 7. The number of hydrogen-bond donors (Lipinski definition) is 1. The molecule has 0 aliphatic carbocycles. The Bertz CT molecular complexity index is 1140. The molecule has 0 saturated heterocycles. The first kappa shape index (κ1) is 25.2. The first-order chi connectivity index (χ1) is 14.8. The van der Waals surface area contributed by atoms with E-state index in [2.05, 4.69) is 97.0 Å². The molecule has 0 bridgehead atoms. The highest BCUT2D eigenvalue weighted by atomic mass is 79.9. The van der Waals surface area contributed by atoms with Crippen LogP contribution in [0.2, 0.25) is 0 Å². The van der Waals surface area contributed by atoms with Gasteiger partial charge >= 0.3 is 0 Å². The lowest BCUT2D eigenvalue weighted by Gasteiger charge is -2.05. The Kier molecular flexibility index (Phi) is 9.44. The van der Waals surface area contributed by atoms with Crippen molar-refractivity contribution in [2.24, 2.45) is 0 Å². The first-order valence-electron chi connectivity index (χ1n) is 9.14. The van der Waals surface area contributed by atoms with Crippen LogP contribution in [0.3, 0.4) is 0 Å². The molecule has 0 radical (unpaired) electrons. The van der Waals surface area contributed by atoms with E-state index in [9.17, 15) is 5.11 Å². The van der Waals surface area contributed by atoms with Gasteiger partial charge in [0.2, 0.25) is 0 Å². The predicted octanol–water partition coefficient (Wildman–Crippen LogP) is 6.44. The molecule has 13 heteroatoms. The number of halogens is 4. The molecule has 166 valence electrons. The Morgan fingerprint density at radius 1 is 0.903 bits per heavy atom. The smallest absolute Gasteiger partial charge is 0.160 e. The molecule has 4 rings (SSSR count). The molecule has 31 heavy (non-hydrogen) atoms. The van der Waals surface area contributed by atoms with Crippen LogP contribution >= 0.6 is 86.4 Å². The highest BCUT2D eigenvalue weighted by Gasteiger charge is 2.19. The molecule has 4 aromatic rings. The number of rotatable bonds is 6. The van der Waals surface area contributed by atoms with Gasteiger partial charge in [0.25, 0.3) is 0 Å². The van der Waals surface area contributed by atoms with Gasteiger partial charge < -0.3 is 5.11 Å². The Labute approximate surface area is 221 Å². The molecule has 1 atom stereocenters. The summed E-state index contributed by atoms with van der Waals surface area (Å²) >= 11 is 16.5. The van der Waals surface area contributed by atoms with Crippen molar-refractivity contribution in [3.8, 4) is 0 Å². The predicted molar refractivity (Wildman–Crippen MR) is 138 cm³/mol. The van der Waals surface area contributed by atoms with Crippen LogP contribution in [0.15, 0.2) is 41.8 Å². The van der Waals surface area contributed by atoms with E-state index in [1.165, 1.54) is 21.8 Å². The van der Waals surface area contributed by atoms with Crippen molar-refractivity contribution >= 4 is 86.4 Å².